The average molecular weight is 261 g/mol. The van der Waals surface area contributed by atoms with Crippen LogP contribution in [0.5, 0.6) is 0 Å². The molecule has 102 valence electrons. The number of hydrogen-bond donors (Lipinski definition) is 0. The van der Waals surface area contributed by atoms with Gasteiger partial charge in [-0.25, -0.2) is 4.79 Å². The summed E-state index contributed by atoms with van der Waals surface area (Å²) < 4.78 is 9.96. The summed E-state index contributed by atoms with van der Waals surface area (Å²) in [7, 11) is 1.39. The van der Waals surface area contributed by atoms with Gasteiger partial charge in [0.2, 0.25) is 0 Å². The molecule has 0 spiro atoms. The first-order valence-corrected chi connectivity index (χ1v) is 6.44. The number of carbonyl (C=O) groups excluding carboxylic acids is 1. The molecule has 0 N–H and O–H groups in total. The van der Waals surface area contributed by atoms with E-state index in [1.165, 1.54) is 7.11 Å². The second kappa shape index (κ2) is 7.07. The Kier molecular flexibility index (Phi) is 5.12. The molecule has 1 aliphatic heterocycles. The summed E-state index contributed by atoms with van der Waals surface area (Å²) in [5, 5.41) is 0. The van der Waals surface area contributed by atoms with Gasteiger partial charge in [0.1, 0.15) is 0 Å². The first kappa shape index (κ1) is 13.8. The topological polar surface area (TPSA) is 38.8 Å². The predicted molar refractivity (Wildman–Crippen MR) is 74.1 cm³/mol. The van der Waals surface area contributed by atoms with Gasteiger partial charge in [-0.15, -0.1) is 0 Å². The Morgan fingerprint density at radius 1 is 1.32 bits per heavy atom. The molecule has 1 aliphatic rings. The molecular weight excluding hydrogens is 242 g/mol. The van der Waals surface area contributed by atoms with Crippen LogP contribution in [0, 0.1) is 0 Å². The summed E-state index contributed by atoms with van der Waals surface area (Å²) in [6, 6.07) is 7.39. The Bertz CT molecular complexity index is 433. The van der Waals surface area contributed by atoms with E-state index in [2.05, 4.69) is 21.8 Å². The van der Waals surface area contributed by atoms with Gasteiger partial charge in [-0.2, -0.15) is 0 Å². The molecule has 1 heterocycles. The third-order valence-corrected chi connectivity index (χ3v) is 3.11. The van der Waals surface area contributed by atoms with Crippen LogP contribution in [0.15, 0.2) is 30.3 Å². The highest BCUT2D eigenvalue weighted by molar-refractivity contribution is 5.89. The molecule has 4 nitrogen and oxygen atoms in total. The highest BCUT2D eigenvalue weighted by Crippen LogP contribution is 2.07. The van der Waals surface area contributed by atoms with Crippen molar-refractivity contribution in [3.8, 4) is 0 Å². The van der Waals surface area contributed by atoms with Crippen molar-refractivity contribution in [1.82, 2.24) is 4.90 Å². The van der Waals surface area contributed by atoms with Gasteiger partial charge in [0, 0.05) is 19.6 Å². The van der Waals surface area contributed by atoms with E-state index in [0.29, 0.717) is 5.56 Å². The monoisotopic (exact) mass is 261 g/mol. The third-order valence-electron chi connectivity index (χ3n) is 3.11. The van der Waals surface area contributed by atoms with Crippen LogP contribution in [0.25, 0.3) is 6.08 Å². The highest BCUT2D eigenvalue weighted by Gasteiger charge is 2.07. The molecule has 19 heavy (non-hydrogen) atoms. The van der Waals surface area contributed by atoms with E-state index in [1.54, 1.807) is 12.1 Å². The summed E-state index contributed by atoms with van der Waals surface area (Å²) in [6.45, 7) is 4.56. The highest BCUT2D eigenvalue weighted by atomic mass is 16.5. The van der Waals surface area contributed by atoms with Crippen LogP contribution in [-0.4, -0.2) is 50.8 Å². The molecule has 1 aromatic carbocycles. The Morgan fingerprint density at radius 2 is 2.00 bits per heavy atom. The van der Waals surface area contributed by atoms with Crippen molar-refractivity contribution in [3.63, 3.8) is 0 Å². The van der Waals surface area contributed by atoms with Crippen molar-refractivity contribution in [2.24, 2.45) is 0 Å². The van der Waals surface area contributed by atoms with Gasteiger partial charge in [0.25, 0.3) is 0 Å². The van der Waals surface area contributed by atoms with Crippen LogP contribution < -0.4 is 0 Å². The quantitative estimate of drug-likeness (QED) is 0.775. The average Bonchev–Trinajstić information content (AvgIpc) is 2.48. The number of benzene rings is 1. The second-order valence-corrected chi connectivity index (χ2v) is 4.43. The minimum atomic E-state index is -0.302. The van der Waals surface area contributed by atoms with E-state index in [9.17, 15) is 4.79 Å². The van der Waals surface area contributed by atoms with E-state index in [4.69, 9.17) is 4.74 Å². The van der Waals surface area contributed by atoms with Crippen LogP contribution in [0.4, 0.5) is 0 Å². The van der Waals surface area contributed by atoms with E-state index in [0.717, 1.165) is 38.4 Å². The first-order chi connectivity index (χ1) is 9.29. The molecule has 1 fully saturated rings. The van der Waals surface area contributed by atoms with Crippen molar-refractivity contribution < 1.29 is 14.3 Å². The Hall–Kier alpha value is -1.65. The van der Waals surface area contributed by atoms with Crippen molar-refractivity contribution in [2.75, 3.05) is 40.0 Å². The van der Waals surface area contributed by atoms with Gasteiger partial charge < -0.3 is 9.47 Å². The molecule has 0 unspecified atom stereocenters. The molecule has 0 saturated carbocycles. The van der Waals surface area contributed by atoms with Gasteiger partial charge in [0.05, 0.1) is 25.9 Å². The molecule has 4 heteroatoms. The lowest BCUT2D eigenvalue weighted by molar-refractivity contribution is 0.0435. The lowest BCUT2D eigenvalue weighted by Gasteiger charge is -2.25. The van der Waals surface area contributed by atoms with Crippen LogP contribution in [0.1, 0.15) is 15.9 Å². The van der Waals surface area contributed by atoms with E-state index in [1.807, 2.05) is 12.1 Å². The van der Waals surface area contributed by atoms with Crippen molar-refractivity contribution in [2.45, 2.75) is 0 Å². The maximum atomic E-state index is 11.3. The zero-order valence-electron chi connectivity index (χ0n) is 11.2. The molecule has 1 aromatic rings. The zero-order valence-corrected chi connectivity index (χ0v) is 11.2. The van der Waals surface area contributed by atoms with Gasteiger partial charge in [-0.3, -0.25) is 4.90 Å². The molecule has 1 saturated heterocycles. The van der Waals surface area contributed by atoms with Gasteiger partial charge in [-0.1, -0.05) is 24.3 Å². The Morgan fingerprint density at radius 3 is 2.63 bits per heavy atom. The fraction of sp³-hybridized carbons (Fsp3) is 0.400. The number of morpholine rings is 1. The van der Waals surface area contributed by atoms with Crippen LogP contribution >= 0.6 is 0 Å². The molecular formula is C15H19NO3. The minimum Gasteiger partial charge on any atom is -0.465 e. The standard InChI is InChI=1S/C15H19NO3/c1-18-15(17)14-6-4-13(5-7-14)3-2-8-16-9-11-19-12-10-16/h2-7H,8-12H2,1H3. The number of methoxy groups -OCH3 is 1. The summed E-state index contributed by atoms with van der Waals surface area (Å²) >= 11 is 0. The first-order valence-electron chi connectivity index (χ1n) is 6.44. The molecule has 0 aliphatic carbocycles. The maximum Gasteiger partial charge on any atom is 0.337 e. The normalized spacial score (nSPS) is 16.7. The van der Waals surface area contributed by atoms with E-state index in [-0.39, 0.29) is 5.97 Å². The lowest BCUT2D eigenvalue weighted by Crippen LogP contribution is -2.36. The van der Waals surface area contributed by atoms with Crippen LogP contribution in [-0.2, 0) is 9.47 Å². The molecule has 0 aromatic heterocycles. The summed E-state index contributed by atoms with van der Waals surface area (Å²) in [6.07, 6.45) is 4.20. The number of nitrogens with zero attached hydrogens (tertiary/aromatic N) is 1. The summed E-state index contributed by atoms with van der Waals surface area (Å²) in [5.41, 5.74) is 1.66. The predicted octanol–water partition coefficient (Wildman–Crippen LogP) is 1.82. The van der Waals surface area contributed by atoms with E-state index < -0.39 is 0 Å². The molecule has 0 amide bonds. The molecule has 0 atom stereocenters. The number of ether oxygens (including phenoxy) is 2. The van der Waals surface area contributed by atoms with Gasteiger partial charge in [0.15, 0.2) is 0 Å². The summed E-state index contributed by atoms with van der Waals surface area (Å²) in [5.74, 6) is -0.302. The van der Waals surface area contributed by atoms with Crippen molar-refractivity contribution in [1.29, 1.82) is 0 Å². The van der Waals surface area contributed by atoms with Gasteiger partial charge in [-0.05, 0) is 17.7 Å². The number of rotatable bonds is 4. The molecule has 2 rings (SSSR count). The molecule has 0 radical (unpaired) electrons. The molecule has 0 bridgehead atoms. The minimum absolute atomic E-state index is 0.302. The number of hydrogen-bond acceptors (Lipinski definition) is 4. The van der Waals surface area contributed by atoms with Gasteiger partial charge >= 0.3 is 5.97 Å². The summed E-state index contributed by atoms with van der Waals surface area (Å²) in [4.78, 5) is 13.6. The van der Waals surface area contributed by atoms with Crippen molar-refractivity contribution >= 4 is 12.0 Å². The number of carbonyl (C=O) groups is 1. The zero-order chi connectivity index (χ0) is 13.5. The SMILES string of the molecule is COC(=O)c1ccc(C=CCN2CCOCC2)cc1. The van der Waals surface area contributed by atoms with E-state index >= 15 is 0 Å². The Balaban J connectivity index is 1.86. The fourth-order valence-corrected chi connectivity index (χ4v) is 1.97. The number of esters is 1. The van der Waals surface area contributed by atoms with Crippen molar-refractivity contribution in [3.05, 3.63) is 41.5 Å². The maximum absolute atomic E-state index is 11.3. The second-order valence-electron chi connectivity index (χ2n) is 4.43. The smallest absolute Gasteiger partial charge is 0.337 e. The Labute approximate surface area is 113 Å². The fourth-order valence-electron chi connectivity index (χ4n) is 1.97. The van der Waals surface area contributed by atoms with Crippen LogP contribution in [0.3, 0.4) is 0 Å². The van der Waals surface area contributed by atoms with Crippen LogP contribution in [0.2, 0.25) is 0 Å². The lowest BCUT2D eigenvalue weighted by atomic mass is 10.1. The third kappa shape index (κ3) is 4.19. The largest absolute Gasteiger partial charge is 0.465 e.